The van der Waals surface area contributed by atoms with Crippen LogP contribution in [0.5, 0.6) is 0 Å². The third-order valence-corrected chi connectivity index (χ3v) is 3.66. The number of benzene rings is 1. The van der Waals surface area contributed by atoms with Crippen molar-refractivity contribution >= 4 is 0 Å². The van der Waals surface area contributed by atoms with Gasteiger partial charge in [-0.25, -0.2) is 0 Å². The summed E-state index contributed by atoms with van der Waals surface area (Å²) in [6.07, 6.45) is 4.10. The lowest BCUT2D eigenvalue weighted by Crippen LogP contribution is -2.35. The van der Waals surface area contributed by atoms with Crippen LogP contribution in [0.15, 0.2) is 24.3 Å². The van der Waals surface area contributed by atoms with E-state index in [1.807, 2.05) is 0 Å². The Morgan fingerprint density at radius 1 is 1.13 bits per heavy atom. The van der Waals surface area contributed by atoms with Crippen molar-refractivity contribution in [3.8, 4) is 0 Å². The second kappa shape index (κ2) is 4.80. The number of hydrogen-bond acceptors (Lipinski definition) is 1. The van der Waals surface area contributed by atoms with Gasteiger partial charge in [0.25, 0.3) is 0 Å². The third-order valence-electron chi connectivity index (χ3n) is 3.66. The molecular weight excluding hydrogens is 182 g/mol. The molecule has 1 nitrogen and oxygen atoms in total. The van der Waals surface area contributed by atoms with Gasteiger partial charge in [0.15, 0.2) is 0 Å². The second-order valence-electron chi connectivity index (χ2n) is 4.84. The Kier molecular flexibility index (Phi) is 3.42. The molecule has 2 rings (SSSR count). The van der Waals surface area contributed by atoms with Crippen LogP contribution in [0.1, 0.15) is 24.0 Å². The first-order chi connectivity index (χ1) is 7.29. The van der Waals surface area contributed by atoms with E-state index in [9.17, 15) is 0 Å². The van der Waals surface area contributed by atoms with Crippen LogP contribution in [0.25, 0.3) is 0 Å². The molecule has 1 fully saturated rings. The van der Waals surface area contributed by atoms with Crippen LogP contribution in [0, 0.1) is 18.8 Å². The summed E-state index contributed by atoms with van der Waals surface area (Å²) in [6.45, 7) is 3.34. The van der Waals surface area contributed by atoms with E-state index in [1.54, 1.807) is 0 Å². The topological polar surface area (TPSA) is 12.0 Å². The molecule has 0 aromatic heterocycles. The van der Waals surface area contributed by atoms with Gasteiger partial charge in [0.1, 0.15) is 0 Å². The van der Waals surface area contributed by atoms with Gasteiger partial charge >= 0.3 is 0 Å². The minimum atomic E-state index is 0.913. The van der Waals surface area contributed by atoms with Gasteiger partial charge in [0, 0.05) is 0 Å². The highest BCUT2D eigenvalue weighted by Gasteiger charge is 2.29. The zero-order chi connectivity index (χ0) is 10.7. The maximum atomic E-state index is 3.29. The molecule has 1 aliphatic carbocycles. The molecule has 0 bridgehead atoms. The first-order valence-electron chi connectivity index (χ1n) is 5.99. The number of aryl methyl sites for hydroxylation is 1. The van der Waals surface area contributed by atoms with Crippen molar-refractivity contribution < 1.29 is 0 Å². The monoisotopic (exact) mass is 203 g/mol. The van der Waals surface area contributed by atoms with E-state index in [4.69, 9.17) is 0 Å². The van der Waals surface area contributed by atoms with Crippen molar-refractivity contribution in [3.05, 3.63) is 35.4 Å². The molecule has 1 aromatic carbocycles. The van der Waals surface area contributed by atoms with Crippen LogP contribution in [-0.2, 0) is 6.42 Å². The Balaban J connectivity index is 1.89. The molecule has 1 N–H and O–H groups in total. The molecule has 2 atom stereocenters. The Labute approximate surface area is 92.9 Å². The zero-order valence-corrected chi connectivity index (χ0v) is 9.79. The summed E-state index contributed by atoms with van der Waals surface area (Å²) < 4.78 is 0. The maximum absolute atomic E-state index is 3.29. The SMILES string of the molecule is CNCC1CCC1Cc1ccc(C)cc1. The summed E-state index contributed by atoms with van der Waals surface area (Å²) in [5, 5.41) is 3.29. The molecule has 1 saturated carbocycles. The van der Waals surface area contributed by atoms with Gasteiger partial charge in [-0.1, -0.05) is 29.8 Å². The molecule has 1 aliphatic rings. The second-order valence-corrected chi connectivity index (χ2v) is 4.84. The first kappa shape index (κ1) is 10.7. The van der Waals surface area contributed by atoms with Gasteiger partial charge in [-0.3, -0.25) is 0 Å². The zero-order valence-electron chi connectivity index (χ0n) is 9.79. The van der Waals surface area contributed by atoms with E-state index in [1.165, 1.54) is 36.9 Å². The van der Waals surface area contributed by atoms with E-state index < -0.39 is 0 Å². The van der Waals surface area contributed by atoms with Crippen molar-refractivity contribution in [2.45, 2.75) is 26.2 Å². The Hall–Kier alpha value is -0.820. The van der Waals surface area contributed by atoms with Crippen molar-refractivity contribution in [3.63, 3.8) is 0 Å². The molecule has 1 heteroatoms. The number of nitrogens with one attached hydrogen (secondary N) is 1. The molecule has 0 saturated heterocycles. The van der Waals surface area contributed by atoms with Crippen LogP contribution in [0.3, 0.4) is 0 Å². The average molecular weight is 203 g/mol. The summed E-state index contributed by atoms with van der Waals surface area (Å²) in [7, 11) is 2.06. The van der Waals surface area contributed by atoms with Gasteiger partial charge in [-0.2, -0.15) is 0 Å². The number of rotatable bonds is 4. The molecule has 0 spiro atoms. The summed E-state index contributed by atoms with van der Waals surface area (Å²) in [4.78, 5) is 0. The van der Waals surface area contributed by atoms with Crippen molar-refractivity contribution in [1.29, 1.82) is 0 Å². The van der Waals surface area contributed by atoms with E-state index in [2.05, 4.69) is 43.6 Å². The summed E-state index contributed by atoms with van der Waals surface area (Å²) in [5.74, 6) is 1.83. The fraction of sp³-hybridized carbons (Fsp3) is 0.571. The summed E-state index contributed by atoms with van der Waals surface area (Å²) >= 11 is 0. The first-order valence-corrected chi connectivity index (χ1v) is 5.99. The minimum absolute atomic E-state index is 0.913. The Bertz CT molecular complexity index is 302. The fourth-order valence-corrected chi connectivity index (χ4v) is 2.46. The highest BCUT2D eigenvalue weighted by atomic mass is 14.8. The van der Waals surface area contributed by atoms with Gasteiger partial charge in [-0.05, 0) is 57.2 Å². The predicted molar refractivity (Wildman–Crippen MR) is 65.0 cm³/mol. The van der Waals surface area contributed by atoms with E-state index in [0.717, 1.165) is 11.8 Å². The van der Waals surface area contributed by atoms with Crippen molar-refractivity contribution in [2.24, 2.45) is 11.8 Å². The normalized spacial score (nSPS) is 24.9. The fourth-order valence-electron chi connectivity index (χ4n) is 2.46. The van der Waals surface area contributed by atoms with Gasteiger partial charge in [-0.15, -0.1) is 0 Å². The quantitative estimate of drug-likeness (QED) is 0.793. The minimum Gasteiger partial charge on any atom is -0.319 e. The van der Waals surface area contributed by atoms with E-state index >= 15 is 0 Å². The molecular formula is C14H21N. The number of hydrogen-bond donors (Lipinski definition) is 1. The van der Waals surface area contributed by atoms with Crippen molar-refractivity contribution in [1.82, 2.24) is 5.32 Å². The molecule has 0 amide bonds. The average Bonchev–Trinajstić information content (AvgIpc) is 2.23. The van der Waals surface area contributed by atoms with E-state index in [-0.39, 0.29) is 0 Å². The van der Waals surface area contributed by atoms with Crippen LogP contribution < -0.4 is 5.32 Å². The highest BCUT2D eigenvalue weighted by molar-refractivity contribution is 5.22. The van der Waals surface area contributed by atoms with Gasteiger partial charge < -0.3 is 5.32 Å². The van der Waals surface area contributed by atoms with Crippen LogP contribution >= 0.6 is 0 Å². The summed E-state index contributed by atoms with van der Waals surface area (Å²) in [6, 6.07) is 9.01. The molecule has 15 heavy (non-hydrogen) atoms. The van der Waals surface area contributed by atoms with E-state index in [0.29, 0.717) is 0 Å². The molecule has 82 valence electrons. The lowest BCUT2D eigenvalue weighted by molar-refractivity contribution is 0.174. The molecule has 0 heterocycles. The summed E-state index contributed by atoms with van der Waals surface area (Å²) in [5.41, 5.74) is 2.87. The van der Waals surface area contributed by atoms with Crippen LogP contribution in [0.2, 0.25) is 0 Å². The smallest absolute Gasteiger partial charge is 0.00208 e. The van der Waals surface area contributed by atoms with Crippen LogP contribution in [0.4, 0.5) is 0 Å². The predicted octanol–water partition coefficient (Wildman–Crippen LogP) is 2.78. The third kappa shape index (κ3) is 2.60. The molecule has 0 aliphatic heterocycles. The molecule has 2 unspecified atom stereocenters. The highest BCUT2D eigenvalue weighted by Crippen LogP contribution is 2.36. The van der Waals surface area contributed by atoms with Crippen molar-refractivity contribution in [2.75, 3.05) is 13.6 Å². The largest absolute Gasteiger partial charge is 0.319 e. The lowest BCUT2D eigenvalue weighted by Gasteiger charge is -2.36. The molecule has 0 radical (unpaired) electrons. The van der Waals surface area contributed by atoms with Crippen LogP contribution in [-0.4, -0.2) is 13.6 Å². The Morgan fingerprint density at radius 3 is 2.33 bits per heavy atom. The standard InChI is InChI=1S/C14H21N/c1-11-3-5-12(6-4-11)9-13-7-8-14(13)10-15-2/h3-6,13-15H,7-10H2,1-2H3. The van der Waals surface area contributed by atoms with Gasteiger partial charge in [0.05, 0.1) is 0 Å². The Morgan fingerprint density at radius 2 is 1.80 bits per heavy atom. The maximum Gasteiger partial charge on any atom is -0.00208 e. The molecule has 1 aromatic rings. The lowest BCUT2D eigenvalue weighted by atomic mass is 9.71. The van der Waals surface area contributed by atoms with Gasteiger partial charge in [0.2, 0.25) is 0 Å².